The topological polar surface area (TPSA) is 41.9 Å². The van der Waals surface area contributed by atoms with Crippen LogP contribution in [0.4, 0.5) is 0 Å². The molecule has 0 aliphatic heterocycles. The third kappa shape index (κ3) is 3.64. The number of aliphatic hydroxyl groups excluding tert-OH is 1. The van der Waals surface area contributed by atoms with E-state index in [1.807, 2.05) is 18.2 Å². The molecule has 0 heterocycles. The van der Waals surface area contributed by atoms with Gasteiger partial charge in [-0.05, 0) is 37.9 Å². The molecule has 2 rings (SSSR count). The standard InChI is InChI=1S/C16H25NO3/c1-17(10-12-5-4-6-12)11-15(18)14-8-7-13(19-2)9-16(14)20-3/h7-9,12,15,18H,4-6,10-11H2,1-3H3. The maximum absolute atomic E-state index is 10.4. The summed E-state index contributed by atoms with van der Waals surface area (Å²) in [7, 11) is 5.30. The quantitative estimate of drug-likeness (QED) is 0.832. The molecule has 1 fully saturated rings. The molecule has 0 bridgehead atoms. The first-order chi connectivity index (χ1) is 9.63. The van der Waals surface area contributed by atoms with Crippen LogP contribution >= 0.6 is 0 Å². The first kappa shape index (κ1) is 15.1. The monoisotopic (exact) mass is 279 g/mol. The van der Waals surface area contributed by atoms with Crippen molar-refractivity contribution in [2.24, 2.45) is 5.92 Å². The van der Waals surface area contributed by atoms with Gasteiger partial charge in [0, 0.05) is 24.7 Å². The van der Waals surface area contributed by atoms with E-state index in [1.165, 1.54) is 19.3 Å². The summed E-state index contributed by atoms with van der Waals surface area (Å²) in [5, 5.41) is 10.4. The van der Waals surface area contributed by atoms with Gasteiger partial charge in [0.15, 0.2) is 0 Å². The molecule has 4 heteroatoms. The molecule has 0 aromatic heterocycles. The van der Waals surface area contributed by atoms with Crippen LogP contribution in [0.3, 0.4) is 0 Å². The second-order valence-corrected chi connectivity index (χ2v) is 5.64. The van der Waals surface area contributed by atoms with Gasteiger partial charge in [0.2, 0.25) is 0 Å². The fourth-order valence-electron chi connectivity index (χ4n) is 2.68. The minimum Gasteiger partial charge on any atom is -0.497 e. The highest BCUT2D eigenvalue weighted by Crippen LogP contribution is 2.31. The van der Waals surface area contributed by atoms with E-state index >= 15 is 0 Å². The minimum atomic E-state index is -0.541. The van der Waals surface area contributed by atoms with Crippen molar-refractivity contribution < 1.29 is 14.6 Å². The first-order valence-corrected chi connectivity index (χ1v) is 7.22. The van der Waals surface area contributed by atoms with Crippen LogP contribution in [0.25, 0.3) is 0 Å². The van der Waals surface area contributed by atoms with E-state index in [9.17, 15) is 5.11 Å². The molecule has 1 atom stereocenters. The zero-order valence-electron chi connectivity index (χ0n) is 12.6. The number of benzene rings is 1. The third-order valence-corrected chi connectivity index (χ3v) is 4.08. The Kier molecular flexibility index (Phi) is 5.26. The molecule has 1 aromatic carbocycles. The highest BCUT2D eigenvalue weighted by atomic mass is 16.5. The summed E-state index contributed by atoms with van der Waals surface area (Å²) in [6, 6.07) is 5.54. The van der Waals surface area contributed by atoms with E-state index in [0.717, 1.165) is 23.8 Å². The normalized spacial score (nSPS) is 16.9. The summed E-state index contributed by atoms with van der Waals surface area (Å²) >= 11 is 0. The van der Waals surface area contributed by atoms with Crippen molar-refractivity contribution in [2.75, 3.05) is 34.4 Å². The van der Waals surface area contributed by atoms with Crippen LogP contribution in [0.1, 0.15) is 30.9 Å². The van der Waals surface area contributed by atoms with Crippen LogP contribution in [0.15, 0.2) is 18.2 Å². The molecular weight excluding hydrogens is 254 g/mol. The average molecular weight is 279 g/mol. The van der Waals surface area contributed by atoms with Crippen LogP contribution in [-0.2, 0) is 0 Å². The Hall–Kier alpha value is -1.26. The molecule has 0 spiro atoms. The van der Waals surface area contributed by atoms with Gasteiger partial charge in [-0.15, -0.1) is 0 Å². The van der Waals surface area contributed by atoms with Crippen molar-refractivity contribution >= 4 is 0 Å². The predicted octanol–water partition coefficient (Wildman–Crippen LogP) is 2.47. The van der Waals surface area contributed by atoms with Crippen LogP contribution < -0.4 is 9.47 Å². The molecule has 112 valence electrons. The molecule has 1 saturated carbocycles. The predicted molar refractivity (Wildman–Crippen MR) is 79.3 cm³/mol. The van der Waals surface area contributed by atoms with Gasteiger partial charge in [-0.1, -0.05) is 6.42 Å². The second kappa shape index (κ2) is 6.95. The van der Waals surface area contributed by atoms with E-state index in [0.29, 0.717) is 12.3 Å². The lowest BCUT2D eigenvalue weighted by atomic mass is 9.85. The molecule has 1 aromatic rings. The lowest BCUT2D eigenvalue weighted by Gasteiger charge is -2.31. The summed E-state index contributed by atoms with van der Waals surface area (Å²) in [4.78, 5) is 2.21. The smallest absolute Gasteiger partial charge is 0.128 e. The Balaban J connectivity index is 1.98. The number of rotatable bonds is 7. The Morgan fingerprint density at radius 1 is 1.30 bits per heavy atom. The fourth-order valence-corrected chi connectivity index (χ4v) is 2.68. The summed E-state index contributed by atoms with van der Waals surface area (Å²) < 4.78 is 10.5. The van der Waals surface area contributed by atoms with Gasteiger partial charge >= 0.3 is 0 Å². The summed E-state index contributed by atoms with van der Waals surface area (Å²) in [6.07, 6.45) is 3.47. The molecule has 0 saturated heterocycles. The number of ether oxygens (including phenoxy) is 2. The molecule has 1 aliphatic carbocycles. The number of likely N-dealkylation sites (N-methyl/N-ethyl adjacent to an activating group) is 1. The number of hydrogen-bond acceptors (Lipinski definition) is 4. The number of nitrogens with zero attached hydrogens (tertiary/aromatic N) is 1. The molecule has 1 N–H and O–H groups in total. The number of hydrogen-bond donors (Lipinski definition) is 1. The van der Waals surface area contributed by atoms with Crippen LogP contribution in [-0.4, -0.2) is 44.4 Å². The first-order valence-electron chi connectivity index (χ1n) is 7.22. The molecule has 4 nitrogen and oxygen atoms in total. The van der Waals surface area contributed by atoms with Gasteiger partial charge in [-0.3, -0.25) is 0 Å². The molecular formula is C16H25NO3. The molecule has 0 amide bonds. The summed E-state index contributed by atoms with van der Waals surface area (Å²) in [5.41, 5.74) is 0.814. The van der Waals surface area contributed by atoms with Gasteiger partial charge in [0.05, 0.1) is 20.3 Å². The minimum absolute atomic E-state index is 0.541. The average Bonchev–Trinajstić information content (AvgIpc) is 2.42. The highest BCUT2D eigenvalue weighted by molar-refractivity contribution is 5.42. The van der Waals surface area contributed by atoms with Crippen molar-refractivity contribution in [3.63, 3.8) is 0 Å². The SMILES string of the molecule is COc1ccc(C(O)CN(C)CC2CCC2)c(OC)c1. The van der Waals surface area contributed by atoms with Crippen LogP contribution in [0.2, 0.25) is 0 Å². The van der Waals surface area contributed by atoms with E-state index in [4.69, 9.17) is 9.47 Å². The lowest BCUT2D eigenvalue weighted by molar-refractivity contribution is 0.105. The maximum Gasteiger partial charge on any atom is 0.128 e. The van der Waals surface area contributed by atoms with Crippen LogP contribution in [0, 0.1) is 5.92 Å². The summed E-state index contributed by atoms with van der Waals surface area (Å²) in [5.74, 6) is 2.22. The van der Waals surface area contributed by atoms with Crippen LogP contribution in [0.5, 0.6) is 11.5 Å². The Morgan fingerprint density at radius 2 is 2.05 bits per heavy atom. The van der Waals surface area contributed by atoms with E-state index in [-0.39, 0.29) is 0 Å². The molecule has 1 aliphatic rings. The van der Waals surface area contributed by atoms with Gasteiger partial charge < -0.3 is 19.5 Å². The zero-order valence-corrected chi connectivity index (χ0v) is 12.6. The van der Waals surface area contributed by atoms with Crippen molar-refractivity contribution in [1.29, 1.82) is 0 Å². The fraction of sp³-hybridized carbons (Fsp3) is 0.625. The van der Waals surface area contributed by atoms with E-state index in [2.05, 4.69) is 11.9 Å². The van der Waals surface area contributed by atoms with Crippen molar-refractivity contribution in [2.45, 2.75) is 25.4 Å². The van der Waals surface area contributed by atoms with Gasteiger partial charge in [-0.25, -0.2) is 0 Å². The number of aliphatic hydroxyl groups is 1. The largest absolute Gasteiger partial charge is 0.497 e. The highest BCUT2D eigenvalue weighted by Gasteiger charge is 2.21. The van der Waals surface area contributed by atoms with E-state index in [1.54, 1.807) is 14.2 Å². The molecule has 20 heavy (non-hydrogen) atoms. The third-order valence-electron chi connectivity index (χ3n) is 4.08. The molecule has 0 radical (unpaired) electrons. The van der Waals surface area contributed by atoms with E-state index < -0.39 is 6.10 Å². The van der Waals surface area contributed by atoms with Crippen molar-refractivity contribution in [1.82, 2.24) is 4.90 Å². The van der Waals surface area contributed by atoms with Gasteiger partial charge in [0.1, 0.15) is 11.5 Å². The Labute approximate surface area is 121 Å². The van der Waals surface area contributed by atoms with Crippen molar-refractivity contribution in [3.8, 4) is 11.5 Å². The number of methoxy groups -OCH3 is 2. The van der Waals surface area contributed by atoms with Gasteiger partial charge in [-0.2, -0.15) is 0 Å². The lowest BCUT2D eigenvalue weighted by Crippen LogP contribution is -2.32. The zero-order chi connectivity index (χ0) is 14.5. The summed E-state index contributed by atoms with van der Waals surface area (Å²) in [6.45, 7) is 1.69. The molecule has 1 unspecified atom stereocenters. The Morgan fingerprint density at radius 3 is 2.60 bits per heavy atom. The second-order valence-electron chi connectivity index (χ2n) is 5.64. The Bertz CT molecular complexity index is 432. The van der Waals surface area contributed by atoms with Crippen molar-refractivity contribution in [3.05, 3.63) is 23.8 Å². The maximum atomic E-state index is 10.4. The van der Waals surface area contributed by atoms with Gasteiger partial charge in [0.25, 0.3) is 0 Å².